The van der Waals surface area contributed by atoms with Crippen molar-refractivity contribution in [2.24, 2.45) is 0 Å². The maximum atomic E-state index is 10.5. The van der Waals surface area contributed by atoms with E-state index in [2.05, 4.69) is 22.0 Å². The van der Waals surface area contributed by atoms with Crippen LogP contribution in [0.4, 0.5) is 0 Å². The minimum Gasteiger partial charge on any atom is -0.384 e. The van der Waals surface area contributed by atoms with E-state index >= 15 is 0 Å². The van der Waals surface area contributed by atoms with Gasteiger partial charge in [-0.1, -0.05) is 63.9 Å². The highest BCUT2D eigenvalue weighted by molar-refractivity contribution is 9.10. The molecule has 0 bridgehead atoms. The third-order valence-corrected chi connectivity index (χ3v) is 3.97. The number of aliphatic hydroxyl groups is 1. The maximum Gasteiger partial charge on any atom is 0.104 e. The summed E-state index contributed by atoms with van der Waals surface area (Å²) in [5.74, 6) is 0. The standard InChI is InChI=1S/C17H12BrClO/c18-15-8-14(9-16(19)10-15)17(20)13-6-5-11-3-1-2-4-12(11)7-13/h1-10,17,20H. The lowest BCUT2D eigenvalue weighted by Gasteiger charge is -2.13. The first-order valence-electron chi connectivity index (χ1n) is 6.26. The van der Waals surface area contributed by atoms with E-state index in [1.54, 1.807) is 12.1 Å². The zero-order chi connectivity index (χ0) is 14.1. The molecule has 0 amide bonds. The Labute approximate surface area is 131 Å². The monoisotopic (exact) mass is 346 g/mol. The molecule has 0 aromatic heterocycles. The van der Waals surface area contributed by atoms with Crippen LogP contribution in [-0.2, 0) is 0 Å². The molecular weight excluding hydrogens is 336 g/mol. The lowest BCUT2D eigenvalue weighted by molar-refractivity contribution is 0.220. The zero-order valence-electron chi connectivity index (χ0n) is 10.6. The van der Waals surface area contributed by atoms with Gasteiger partial charge in [-0.15, -0.1) is 0 Å². The number of rotatable bonds is 2. The van der Waals surface area contributed by atoms with Crippen LogP contribution in [0.2, 0.25) is 5.02 Å². The van der Waals surface area contributed by atoms with Crippen LogP contribution in [0.1, 0.15) is 17.2 Å². The fourth-order valence-electron chi connectivity index (χ4n) is 2.30. The highest BCUT2D eigenvalue weighted by atomic mass is 79.9. The second-order valence-electron chi connectivity index (χ2n) is 4.71. The van der Waals surface area contributed by atoms with Crippen LogP contribution in [0.3, 0.4) is 0 Å². The van der Waals surface area contributed by atoms with Crippen molar-refractivity contribution in [3.8, 4) is 0 Å². The van der Waals surface area contributed by atoms with Crippen molar-refractivity contribution in [2.45, 2.75) is 6.10 Å². The number of hydrogen-bond acceptors (Lipinski definition) is 1. The number of halogens is 2. The Balaban J connectivity index is 2.05. The summed E-state index contributed by atoms with van der Waals surface area (Å²) in [6.45, 7) is 0. The molecule has 3 heteroatoms. The first kappa shape index (κ1) is 13.6. The predicted molar refractivity (Wildman–Crippen MR) is 87.2 cm³/mol. The lowest BCUT2D eigenvalue weighted by Crippen LogP contribution is -1.99. The van der Waals surface area contributed by atoms with E-state index < -0.39 is 6.10 Å². The molecule has 0 spiro atoms. The summed E-state index contributed by atoms with van der Waals surface area (Å²) < 4.78 is 0.861. The first-order chi connectivity index (χ1) is 9.63. The van der Waals surface area contributed by atoms with Crippen molar-refractivity contribution in [3.05, 3.63) is 81.3 Å². The highest BCUT2D eigenvalue weighted by Gasteiger charge is 2.12. The number of hydrogen-bond donors (Lipinski definition) is 1. The molecule has 0 aliphatic heterocycles. The van der Waals surface area contributed by atoms with Crippen LogP contribution >= 0.6 is 27.5 Å². The third-order valence-electron chi connectivity index (χ3n) is 3.29. The van der Waals surface area contributed by atoms with Gasteiger partial charge in [-0.05, 0) is 46.2 Å². The van der Waals surface area contributed by atoms with Crippen LogP contribution < -0.4 is 0 Å². The summed E-state index contributed by atoms with van der Waals surface area (Å²) in [6, 6.07) is 19.5. The average molecular weight is 348 g/mol. The Bertz CT molecular complexity index is 750. The zero-order valence-corrected chi connectivity index (χ0v) is 12.9. The van der Waals surface area contributed by atoms with Crippen molar-refractivity contribution >= 4 is 38.3 Å². The largest absolute Gasteiger partial charge is 0.384 e. The van der Waals surface area contributed by atoms with Gasteiger partial charge < -0.3 is 5.11 Å². The van der Waals surface area contributed by atoms with Crippen molar-refractivity contribution in [1.82, 2.24) is 0 Å². The molecule has 1 atom stereocenters. The van der Waals surface area contributed by atoms with Gasteiger partial charge in [0.25, 0.3) is 0 Å². The van der Waals surface area contributed by atoms with Gasteiger partial charge in [0.15, 0.2) is 0 Å². The molecule has 3 aromatic rings. The molecule has 100 valence electrons. The number of fused-ring (bicyclic) bond motifs is 1. The second-order valence-corrected chi connectivity index (χ2v) is 6.06. The van der Waals surface area contributed by atoms with E-state index in [0.717, 1.165) is 26.4 Å². The van der Waals surface area contributed by atoms with Gasteiger partial charge in [-0.25, -0.2) is 0 Å². The molecule has 3 aromatic carbocycles. The Morgan fingerprint density at radius 3 is 2.35 bits per heavy atom. The van der Waals surface area contributed by atoms with Crippen molar-refractivity contribution < 1.29 is 5.11 Å². The second kappa shape index (κ2) is 5.57. The molecule has 20 heavy (non-hydrogen) atoms. The van der Waals surface area contributed by atoms with Gasteiger partial charge >= 0.3 is 0 Å². The molecule has 0 aliphatic rings. The number of aliphatic hydroxyl groups excluding tert-OH is 1. The van der Waals surface area contributed by atoms with E-state index in [1.165, 1.54) is 0 Å². The van der Waals surface area contributed by atoms with E-state index in [0.29, 0.717) is 5.02 Å². The molecule has 0 heterocycles. The molecule has 0 radical (unpaired) electrons. The summed E-state index contributed by atoms with van der Waals surface area (Å²) in [7, 11) is 0. The van der Waals surface area contributed by atoms with Crippen LogP contribution in [0.15, 0.2) is 65.1 Å². The van der Waals surface area contributed by atoms with E-state index in [4.69, 9.17) is 11.6 Å². The van der Waals surface area contributed by atoms with Crippen LogP contribution in [-0.4, -0.2) is 5.11 Å². The van der Waals surface area contributed by atoms with Crippen LogP contribution in [0.5, 0.6) is 0 Å². The Kier molecular flexibility index (Phi) is 3.79. The molecule has 3 rings (SSSR count). The Hall–Kier alpha value is -1.35. The molecule has 0 saturated carbocycles. The molecule has 1 N–H and O–H groups in total. The SMILES string of the molecule is OC(c1cc(Cl)cc(Br)c1)c1ccc2ccccc2c1. The van der Waals surface area contributed by atoms with Crippen LogP contribution in [0.25, 0.3) is 10.8 Å². The Morgan fingerprint density at radius 2 is 1.60 bits per heavy atom. The molecule has 0 aliphatic carbocycles. The van der Waals surface area contributed by atoms with Gasteiger partial charge in [0.05, 0.1) is 0 Å². The van der Waals surface area contributed by atoms with Gasteiger partial charge in [0.2, 0.25) is 0 Å². The molecule has 0 saturated heterocycles. The lowest BCUT2D eigenvalue weighted by atomic mass is 9.99. The highest BCUT2D eigenvalue weighted by Crippen LogP contribution is 2.29. The summed E-state index contributed by atoms with van der Waals surface area (Å²) >= 11 is 9.43. The van der Waals surface area contributed by atoms with Crippen molar-refractivity contribution in [2.75, 3.05) is 0 Å². The van der Waals surface area contributed by atoms with Crippen molar-refractivity contribution in [1.29, 1.82) is 0 Å². The topological polar surface area (TPSA) is 20.2 Å². The number of benzene rings is 3. The van der Waals surface area contributed by atoms with E-state index in [1.807, 2.05) is 42.5 Å². The van der Waals surface area contributed by atoms with Crippen molar-refractivity contribution in [3.63, 3.8) is 0 Å². The quantitative estimate of drug-likeness (QED) is 0.663. The first-order valence-corrected chi connectivity index (χ1v) is 7.43. The average Bonchev–Trinajstić information content (AvgIpc) is 2.45. The van der Waals surface area contributed by atoms with E-state index in [9.17, 15) is 5.11 Å². The minimum absolute atomic E-state index is 0.606. The summed E-state index contributed by atoms with van der Waals surface area (Å²) in [4.78, 5) is 0. The van der Waals surface area contributed by atoms with Gasteiger partial charge in [0.1, 0.15) is 6.10 Å². The smallest absolute Gasteiger partial charge is 0.104 e. The predicted octanol–water partition coefficient (Wildman–Crippen LogP) is 5.34. The summed E-state index contributed by atoms with van der Waals surface area (Å²) in [6.07, 6.45) is -0.686. The van der Waals surface area contributed by atoms with Crippen LogP contribution in [0, 0.1) is 0 Å². The van der Waals surface area contributed by atoms with Gasteiger partial charge in [0, 0.05) is 9.50 Å². The normalized spacial score (nSPS) is 12.6. The molecule has 1 unspecified atom stereocenters. The summed E-state index contributed by atoms with van der Waals surface area (Å²) in [5.41, 5.74) is 1.64. The minimum atomic E-state index is -0.686. The molecule has 1 nitrogen and oxygen atoms in total. The fourth-order valence-corrected chi connectivity index (χ4v) is 3.19. The van der Waals surface area contributed by atoms with Gasteiger partial charge in [-0.2, -0.15) is 0 Å². The maximum absolute atomic E-state index is 10.5. The summed E-state index contributed by atoms with van der Waals surface area (Å²) in [5, 5.41) is 13.4. The Morgan fingerprint density at radius 1 is 0.850 bits per heavy atom. The van der Waals surface area contributed by atoms with E-state index in [-0.39, 0.29) is 0 Å². The molecular formula is C17H12BrClO. The molecule has 0 fully saturated rings. The third kappa shape index (κ3) is 2.73. The fraction of sp³-hybridized carbons (Fsp3) is 0.0588. The van der Waals surface area contributed by atoms with Gasteiger partial charge in [-0.3, -0.25) is 0 Å².